The van der Waals surface area contributed by atoms with Gasteiger partial charge in [0.05, 0.1) is 12.5 Å². The summed E-state index contributed by atoms with van der Waals surface area (Å²) in [5, 5.41) is 0.644. The Balaban J connectivity index is 1.78. The highest BCUT2D eigenvalue weighted by atomic mass is 35.5. The lowest BCUT2D eigenvalue weighted by Gasteiger charge is -2.31. The zero-order valence-electron chi connectivity index (χ0n) is 12.4. The van der Waals surface area contributed by atoms with Gasteiger partial charge in [-0.1, -0.05) is 30.5 Å². The molecule has 0 spiro atoms. The van der Waals surface area contributed by atoms with Crippen LogP contribution in [0.25, 0.3) is 0 Å². The van der Waals surface area contributed by atoms with E-state index in [0.717, 1.165) is 31.4 Å². The van der Waals surface area contributed by atoms with Gasteiger partial charge in [-0.05, 0) is 31.0 Å². The molecule has 0 bridgehead atoms. The lowest BCUT2D eigenvalue weighted by atomic mass is 9.84. The Morgan fingerprint density at radius 1 is 1.43 bits per heavy atom. The second kappa shape index (κ2) is 7.66. The van der Waals surface area contributed by atoms with Crippen molar-refractivity contribution in [3.8, 4) is 5.75 Å². The molecule has 2 N–H and O–H groups in total. The maximum absolute atomic E-state index is 12.4. The standard InChI is InChI=1S/C16H23ClN2O2/c1-19(16(20)14-7-2-3-8-15(14)18)9-10-21-13-6-4-5-12(17)11-13/h4-6,11,14-15H,2-3,7-10,18H2,1H3. The first-order valence-electron chi connectivity index (χ1n) is 7.47. The molecule has 4 nitrogen and oxygen atoms in total. The van der Waals surface area contributed by atoms with Crippen molar-refractivity contribution >= 4 is 17.5 Å². The third-order valence-electron chi connectivity index (χ3n) is 4.00. The van der Waals surface area contributed by atoms with E-state index in [-0.39, 0.29) is 17.9 Å². The minimum atomic E-state index is -0.0325. The minimum absolute atomic E-state index is 0.00236. The van der Waals surface area contributed by atoms with Crippen molar-refractivity contribution in [2.24, 2.45) is 11.7 Å². The van der Waals surface area contributed by atoms with E-state index in [1.54, 1.807) is 17.0 Å². The van der Waals surface area contributed by atoms with E-state index in [4.69, 9.17) is 22.1 Å². The van der Waals surface area contributed by atoms with Gasteiger partial charge in [0.15, 0.2) is 0 Å². The van der Waals surface area contributed by atoms with E-state index < -0.39 is 0 Å². The molecule has 1 aromatic carbocycles. The van der Waals surface area contributed by atoms with Crippen molar-refractivity contribution in [2.45, 2.75) is 31.7 Å². The predicted molar refractivity (Wildman–Crippen MR) is 84.5 cm³/mol. The molecule has 1 aromatic rings. The first-order valence-corrected chi connectivity index (χ1v) is 7.84. The lowest BCUT2D eigenvalue weighted by molar-refractivity contribution is -0.136. The number of likely N-dealkylation sites (N-methyl/N-ethyl adjacent to an activating group) is 1. The van der Waals surface area contributed by atoms with E-state index in [2.05, 4.69) is 0 Å². The molecule has 116 valence electrons. The fourth-order valence-corrected chi connectivity index (χ4v) is 2.90. The second-order valence-electron chi connectivity index (χ2n) is 5.62. The van der Waals surface area contributed by atoms with E-state index in [1.807, 2.05) is 19.2 Å². The van der Waals surface area contributed by atoms with Gasteiger partial charge in [-0.3, -0.25) is 4.79 Å². The Hall–Kier alpha value is -1.26. The Morgan fingerprint density at radius 3 is 2.90 bits per heavy atom. The number of amides is 1. The smallest absolute Gasteiger partial charge is 0.227 e. The Labute approximate surface area is 131 Å². The van der Waals surface area contributed by atoms with Crippen LogP contribution in [0.5, 0.6) is 5.75 Å². The summed E-state index contributed by atoms with van der Waals surface area (Å²) in [6.07, 6.45) is 4.08. The Morgan fingerprint density at radius 2 is 2.19 bits per heavy atom. The normalized spacial score (nSPS) is 21.9. The lowest BCUT2D eigenvalue weighted by Crippen LogP contribution is -2.45. The third-order valence-corrected chi connectivity index (χ3v) is 4.24. The average molecular weight is 311 g/mol. The number of halogens is 1. The molecule has 0 radical (unpaired) electrons. The molecule has 2 atom stereocenters. The quantitative estimate of drug-likeness (QED) is 0.909. The highest BCUT2D eigenvalue weighted by Crippen LogP contribution is 2.24. The van der Waals surface area contributed by atoms with E-state index in [0.29, 0.717) is 18.2 Å². The maximum atomic E-state index is 12.4. The average Bonchev–Trinajstić information content (AvgIpc) is 2.47. The molecule has 1 amide bonds. The van der Waals surface area contributed by atoms with Crippen LogP contribution in [0.3, 0.4) is 0 Å². The van der Waals surface area contributed by atoms with Crippen molar-refractivity contribution in [1.29, 1.82) is 0 Å². The highest BCUT2D eigenvalue weighted by molar-refractivity contribution is 6.30. The van der Waals surface area contributed by atoms with Crippen LogP contribution in [-0.2, 0) is 4.79 Å². The van der Waals surface area contributed by atoms with Gasteiger partial charge in [-0.25, -0.2) is 0 Å². The molecule has 0 aliphatic heterocycles. The zero-order valence-corrected chi connectivity index (χ0v) is 13.2. The molecule has 21 heavy (non-hydrogen) atoms. The molecule has 1 saturated carbocycles. The zero-order chi connectivity index (χ0) is 15.2. The molecule has 0 saturated heterocycles. The molecule has 0 aromatic heterocycles. The molecule has 2 rings (SSSR count). The number of rotatable bonds is 5. The van der Waals surface area contributed by atoms with Gasteiger partial charge in [-0.15, -0.1) is 0 Å². The summed E-state index contributed by atoms with van der Waals surface area (Å²) in [6, 6.07) is 7.26. The van der Waals surface area contributed by atoms with Crippen molar-refractivity contribution in [2.75, 3.05) is 20.2 Å². The molecular formula is C16H23ClN2O2. The number of ether oxygens (including phenoxy) is 1. The van der Waals surface area contributed by atoms with Crippen LogP contribution in [0.4, 0.5) is 0 Å². The van der Waals surface area contributed by atoms with Crippen LogP contribution < -0.4 is 10.5 Å². The van der Waals surface area contributed by atoms with Crippen LogP contribution in [0, 0.1) is 5.92 Å². The van der Waals surface area contributed by atoms with Crippen molar-refractivity contribution in [1.82, 2.24) is 4.90 Å². The molecule has 0 heterocycles. The number of hydrogen-bond donors (Lipinski definition) is 1. The summed E-state index contributed by atoms with van der Waals surface area (Å²) in [5.41, 5.74) is 6.06. The van der Waals surface area contributed by atoms with Crippen LogP contribution in [0.15, 0.2) is 24.3 Å². The fourth-order valence-electron chi connectivity index (χ4n) is 2.72. The number of carbonyl (C=O) groups is 1. The Bertz CT molecular complexity index is 481. The summed E-state index contributed by atoms with van der Waals surface area (Å²) in [5.74, 6) is 0.824. The molecule has 1 fully saturated rings. The molecule has 1 aliphatic carbocycles. The van der Waals surface area contributed by atoms with Gasteiger partial charge < -0.3 is 15.4 Å². The number of hydrogen-bond acceptors (Lipinski definition) is 3. The number of benzene rings is 1. The second-order valence-corrected chi connectivity index (χ2v) is 6.06. The minimum Gasteiger partial charge on any atom is -0.492 e. The monoisotopic (exact) mass is 310 g/mol. The summed E-state index contributed by atoms with van der Waals surface area (Å²) in [7, 11) is 1.81. The first kappa shape index (κ1) is 16.1. The van der Waals surface area contributed by atoms with Crippen molar-refractivity contribution < 1.29 is 9.53 Å². The fraction of sp³-hybridized carbons (Fsp3) is 0.562. The number of nitrogens with zero attached hydrogens (tertiary/aromatic N) is 1. The van der Waals surface area contributed by atoms with Crippen LogP contribution >= 0.6 is 11.6 Å². The summed E-state index contributed by atoms with van der Waals surface area (Å²) in [6.45, 7) is 0.999. The maximum Gasteiger partial charge on any atom is 0.227 e. The van der Waals surface area contributed by atoms with E-state index in [1.165, 1.54) is 0 Å². The van der Waals surface area contributed by atoms with Gasteiger partial charge in [0, 0.05) is 18.1 Å². The molecule has 5 heteroatoms. The van der Waals surface area contributed by atoms with E-state index in [9.17, 15) is 4.79 Å². The topological polar surface area (TPSA) is 55.6 Å². The predicted octanol–water partition coefficient (Wildman–Crippen LogP) is 2.69. The van der Waals surface area contributed by atoms with Gasteiger partial charge in [0.1, 0.15) is 12.4 Å². The number of nitrogens with two attached hydrogens (primary N) is 1. The summed E-state index contributed by atoms with van der Waals surface area (Å²) >= 11 is 5.90. The largest absolute Gasteiger partial charge is 0.492 e. The van der Waals surface area contributed by atoms with Gasteiger partial charge in [0.2, 0.25) is 5.91 Å². The third kappa shape index (κ3) is 4.61. The van der Waals surface area contributed by atoms with E-state index >= 15 is 0 Å². The van der Waals surface area contributed by atoms with Crippen LogP contribution in [0.1, 0.15) is 25.7 Å². The summed E-state index contributed by atoms with van der Waals surface area (Å²) in [4.78, 5) is 14.1. The van der Waals surface area contributed by atoms with Crippen molar-refractivity contribution in [3.63, 3.8) is 0 Å². The van der Waals surface area contributed by atoms with Crippen LogP contribution in [0.2, 0.25) is 5.02 Å². The van der Waals surface area contributed by atoms with Gasteiger partial charge >= 0.3 is 0 Å². The molecule has 1 aliphatic rings. The molecular weight excluding hydrogens is 288 g/mol. The van der Waals surface area contributed by atoms with Gasteiger partial charge in [0.25, 0.3) is 0 Å². The molecule has 2 unspecified atom stereocenters. The number of carbonyl (C=O) groups excluding carboxylic acids is 1. The van der Waals surface area contributed by atoms with Crippen LogP contribution in [-0.4, -0.2) is 37.0 Å². The van der Waals surface area contributed by atoms with Gasteiger partial charge in [-0.2, -0.15) is 0 Å². The summed E-state index contributed by atoms with van der Waals surface area (Å²) < 4.78 is 5.61. The first-order chi connectivity index (χ1) is 10.1. The Kier molecular flexibility index (Phi) is 5.88. The SMILES string of the molecule is CN(CCOc1cccc(Cl)c1)C(=O)C1CCCCC1N. The van der Waals surface area contributed by atoms with Crippen molar-refractivity contribution in [3.05, 3.63) is 29.3 Å². The highest BCUT2D eigenvalue weighted by Gasteiger charge is 2.30.